The Morgan fingerprint density at radius 1 is 0.905 bits per heavy atom. The maximum atomic E-state index is 13.0. The molecule has 0 saturated carbocycles. The number of sulfone groups is 1. The van der Waals surface area contributed by atoms with Gasteiger partial charge in [0.05, 0.1) is 23.3 Å². The van der Waals surface area contributed by atoms with E-state index in [4.69, 9.17) is 15.3 Å². The molecule has 2 aromatic rings. The summed E-state index contributed by atoms with van der Waals surface area (Å²) in [6.45, 7) is 6.32. The van der Waals surface area contributed by atoms with Crippen LogP contribution >= 0.6 is 0 Å². The molecule has 11 heteroatoms. The van der Waals surface area contributed by atoms with Crippen LogP contribution in [0.5, 0.6) is 0 Å². The monoisotopic (exact) mass is 594 g/mol. The Morgan fingerprint density at radius 2 is 1.50 bits per heavy atom. The molecule has 2 unspecified atom stereocenters. The van der Waals surface area contributed by atoms with E-state index in [1.165, 1.54) is 0 Å². The molecule has 224 valence electrons. The molecule has 2 atom stereocenters. The lowest BCUT2D eigenvalue weighted by atomic mass is 9.87. The number of carboxylic acid groups (broad SMARTS) is 2. The van der Waals surface area contributed by atoms with Gasteiger partial charge in [-0.05, 0) is 42.8 Å². The Morgan fingerprint density at radius 3 is 2.10 bits per heavy atom. The van der Waals surface area contributed by atoms with E-state index < -0.39 is 21.8 Å². The molecular formula is C31H38N4O6S. The molecule has 0 aromatic heterocycles. The molecule has 0 bridgehead atoms. The van der Waals surface area contributed by atoms with Crippen molar-refractivity contribution in [1.82, 2.24) is 14.8 Å². The van der Waals surface area contributed by atoms with Gasteiger partial charge >= 0.3 is 11.9 Å². The van der Waals surface area contributed by atoms with E-state index in [-0.39, 0.29) is 23.5 Å². The number of carboxylic acids is 2. The van der Waals surface area contributed by atoms with Crippen LogP contribution in [0.4, 0.5) is 0 Å². The quantitative estimate of drug-likeness (QED) is 0.443. The van der Waals surface area contributed by atoms with E-state index in [9.17, 15) is 18.0 Å². The van der Waals surface area contributed by atoms with E-state index in [0.29, 0.717) is 12.2 Å². The molecule has 3 aliphatic heterocycles. The van der Waals surface area contributed by atoms with Crippen molar-refractivity contribution in [3.05, 3.63) is 89.5 Å². The van der Waals surface area contributed by atoms with E-state index in [1.807, 2.05) is 54.6 Å². The first-order valence-corrected chi connectivity index (χ1v) is 15.8. The maximum Gasteiger partial charge on any atom is 0.328 e. The van der Waals surface area contributed by atoms with Crippen LogP contribution in [0.15, 0.2) is 83.5 Å². The second kappa shape index (κ2) is 14.4. The summed E-state index contributed by atoms with van der Waals surface area (Å²) in [5, 5.41) is 22.9. The summed E-state index contributed by atoms with van der Waals surface area (Å²) in [5.41, 5.74) is 3.94. The minimum absolute atomic E-state index is 0.0436. The van der Waals surface area contributed by atoms with Crippen molar-refractivity contribution in [2.45, 2.75) is 12.5 Å². The predicted octanol–water partition coefficient (Wildman–Crippen LogP) is 2.88. The van der Waals surface area contributed by atoms with Crippen LogP contribution in [0.2, 0.25) is 0 Å². The zero-order valence-corrected chi connectivity index (χ0v) is 24.6. The van der Waals surface area contributed by atoms with Gasteiger partial charge in [-0.1, -0.05) is 60.7 Å². The highest BCUT2D eigenvalue weighted by Gasteiger charge is 2.45. The van der Waals surface area contributed by atoms with E-state index in [2.05, 4.69) is 34.0 Å². The predicted molar refractivity (Wildman–Crippen MR) is 163 cm³/mol. The molecule has 5 rings (SSSR count). The topological polar surface area (TPSA) is 131 Å². The fraction of sp³-hybridized carbons (Fsp3) is 0.387. The van der Waals surface area contributed by atoms with E-state index in [0.717, 1.165) is 68.1 Å². The van der Waals surface area contributed by atoms with Crippen molar-refractivity contribution in [3.8, 4) is 0 Å². The molecule has 2 fully saturated rings. The lowest BCUT2D eigenvalue weighted by Crippen LogP contribution is -2.45. The highest BCUT2D eigenvalue weighted by molar-refractivity contribution is 7.91. The number of carbonyl (C=O) groups is 2. The van der Waals surface area contributed by atoms with E-state index >= 15 is 0 Å². The van der Waals surface area contributed by atoms with Crippen molar-refractivity contribution >= 4 is 33.6 Å². The normalized spacial score (nSPS) is 23.2. The first-order chi connectivity index (χ1) is 20.1. The molecule has 0 amide bonds. The zero-order valence-electron chi connectivity index (χ0n) is 23.7. The largest absolute Gasteiger partial charge is 0.478 e. The van der Waals surface area contributed by atoms with Crippen LogP contribution in [-0.4, -0.2) is 109 Å². The number of likely N-dealkylation sites (N-methyl/N-ethyl adjacent to an activating group) is 1. The number of nitrogens with zero attached hydrogens (tertiary/aromatic N) is 4. The molecule has 0 radical (unpaired) electrons. The van der Waals surface area contributed by atoms with Gasteiger partial charge < -0.3 is 20.0 Å². The molecule has 2 aromatic carbocycles. The van der Waals surface area contributed by atoms with Crippen LogP contribution < -0.4 is 0 Å². The highest BCUT2D eigenvalue weighted by Crippen LogP contribution is 2.41. The van der Waals surface area contributed by atoms with Crippen molar-refractivity contribution in [2.24, 2.45) is 11.0 Å². The molecule has 2 N–H and O–H groups in total. The summed E-state index contributed by atoms with van der Waals surface area (Å²) in [7, 11) is -1.02. The fourth-order valence-electron chi connectivity index (χ4n) is 5.53. The van der Waals surface area contributed by atoms with Crippen LogP contribution in [0.25, 0.3) is 6.08 Å². The Balaban J connectivity index is 0.000000446. The number of hydrazone groups is 1. The Bertz CT molecular complexity index is 1400. The smallest absolute Gasteiger partial charge is 0.328 e. The first-order valence-electron chi connectivity index (χ1n) is 14.0. The molecule has 0 spiro atoms. The van der Waals surface area contributed by atoms with Crippen molar-refractivity contribution in [3.63, 3.8) is 0 Å². The Hall–Kier alpha value is -3.80. The van der Waals surface area contributed by atoms with Crippen LogP contribution in [0, 0.1) is 5.92 Å². The average molecular weight is 595 g/mol. The zero-order chi connectivity index (χ0) is 30.1. The molecular weight excluding hydrogens is 556 g/mol. The summed E-state index contributed by atoms with van der Waals surface area (Å²) < 4.78 is 26.0. The summed E-state index contributed by atoms with van der Waals surface area (Å²) in [4.78, 5) is 24.0. The lowest BCUT2D eigenvalue weighted by molar-refractivity contribution is -0.134. The summed E-state index contributed by atoms with van der Waals surface area (Å²) >= 11 is 0. The van der Waals surface area contributed by atoms with Crippen LogP contribution in [0.1, 0.15) is 23.6 Å². The van der Waals surface area contributed by atoms with Crippen LogP contribution in [-0.2, 0) is 19.4 Å². The number of fused-ring (bicyclic) bond motifs is 1. The molecule has 2 saturated heterocycles. The van der Waals surface area contributed by atoms with Gasteiger partial charge in [-0.2, -0.15) is 5.10 Å². The van der Waals surface area contributed by atoms with Gasteiger partial charge in [-0.15, -0.1) is 0 Å². The third-order valence-corrected chi connectivity index (χ3v) is 9.15. The van der Waals surface area contributed by atoms with Crippen molar-refractivity contribution in [2.75, 3.05) is 57.8 Å². The number of benzene rings is 2. The second-order valence-corrected chi connectivity index (χ2v) is 12.9. The van der Waals surface area contributed by atoms with E-state index in [1.54, 1.807) is 0 Å². The Kier molecular flexibility index (Phi) is 10.7. The van der Waals surface area contributed by atoms with Gasteiger partial charge in [-0.3, -0.25) is 5.01 Å². The Labute approximate surface area is 247 Å². The van der Waals surface area contributed by atoms with Gasteiger partial charge in [0, 0.05) is 50.8 Å². The van der Waals surface area contributed by atoms with Crippen molar-refractivity contribution < 1.29 is 28.2 Å². The number of aliphatic carboxylic acids is 2. The maximum absolute atomic E-state index is 13.0. The van der Waals surface area contributed by atoms with Gasteiger partial charge in [-0.25, -0.2) is 18.0 Å². The molecule has 0 aliphatic carbocycles. The number of rotatable bonds is 8. The van der Waals surface area contributed by atoms with Crippen molar-refractivity contribution in [1.29, 1.82) is 0 Å². The fourth-order valence-corrected chi connectivity index (χ4v) is 7.24. The summed E-state index contributed by atoms with van der Waals surface area (Å²) in [6.07, 6.45) is 4.14. The number of hydrogen-bond acceptors (Lipinski definition) is 8. The molecule has 3 aliphatic rings. The van der Waals surface area contributed by atoms with Gasteiger partial charge in [0.1, 0.15) is 0 Å². The minimum Gasteiger partial charge on any atom is -0.478 e. The molecule has 10 nitrogen and oxygen atoms in total. The number of piperazine rings is 1. The first kappa shape index (κ1) is 31.1. The third kappa shape index (κ3) is 8.85. The SMILES string of the molecule is CN1CCN(CCCN2N=C3/C(=C/c4ccccc4)CS(=O)(=O)CC3C2c2ccccc2)CC1.O=C(O)/C=C\C(=O)O. The summed E-state index contributed by atoms with van der Waals surface area (Å²) in [6, 6.07) is 20.2. The lowest BCUT2D eigenvalue weighted by Gasteiger charge is -2.33. The minimum atomic E-state index is -3.20. The number of hydrogen-bond donors (Lipinski definition) is 2. The molecule has 3 heterocycles. The standard InChI is InChI=1S/C27H34N4O2S.C4H4O4/c1-29-15-17-30(18-16-29)13-8-14-31-27(23-11-6-3-7-12-23)25-21-34(32,33)20-24(26(25)28-31)19-22-9-4-2-5-10-22;5-3(6)1-2-4(7)8/h2-7,9-12,19,25,27H,8,13-18,20-21H2,1H3;1-2H,(H,5,6)(H,7,8)/b24-19+;2-1-. The third-order valence-electron chi connectivity index (χ3n) is 7.54. The van der Waals surface area contributed by atoms with Gasteiger partial charge in [0.15, 0.2) is 9.84 Å². The average Bonchev–Trinajstić information content (AvgIpc) is 3.31. The van der Waals surface area contributed by atoms with Gasteiger partial charge in [0.2, 0.25) is 0 Å². The van der Waals surface area contributed by atoms with Crippen LogP contribution in [0.3, 0.4) is 0 Å². The van der Waals surface area contributed by atoms with Gasteiger partial charge in [0.25, 0.3) is 0 Å². The highest BCUT2D eigenvalue weighted by atomic mass is 32.2. The summed E-state index contributed by atoms with van der Waals surface area (Å²) in [5.74, 6) is -2.43. The second-order valence-electron chi connectivity index (χ2n) is 10.8. The molecule has 42 heavy (non-hydrogen) atoms.